The van der Waals surface area contributed by atoms with Crippen LogP contribution in [0.5, 0.6) is 0 Å². The molecule has 0 aromatic heterocycles. The lowest BCUT2D eigenvalue weighted by atomic mass is 10.5. The number of nitrogens with zero attached hydrogens (tertiary/aromatic N) is 1. The Bertz CT molecular complexity index is 467. The maximum absolute atomic E-state index is 12.8. The molecule has 2 unspecified atom stereocenters. The first-order valence-electron chi connectivity index (χ1n) is 6.27. The quantitative estimate of drug-likeness (QED) is 0.243. The van der Waals surface area contributed by atoms with Gasteiger partial charge < -0.3 is 4.52 Å². The molecule has 1 heterocycles. The molecule has 2 N–H and O–H groups in total. The lowest BCUT2D eigenvalue weighted by molar-refractivity contribution is 0.227. The van der Waals surface area contributed by atoms with E-state index in [0.29, 0.717) is 37.9 Å². The first-order chi connectivity index (χ1) is 9.80. The third-order valence-electron chi connectivity index (χ3n) is 2.67. The van der Waals surface area contributed by atoms with E-state index in [2.05, 4.69) is 5.09 Å². The summed E-state index contributed by atoms with van der Waals surface area (Å²) in [5, 5.41) is 2.71. The topological polar surface area (TPSA) is 95.9 Å². The van der Waals surface area contributed by atoms with Crippen molar-refractivity contribution in [2.75, 3.05) is 43.0 Å². The minimum Gasteiger partial charge on any atom is -0.306 e. The average Bonchev–Trinajstić information content (AvgIpc) is 2.37. The zero-order valence-corrected chi connectivity index (χ0v) is 15.3. The summed E-state index contributed by atoms with van der Waals surface area (Å²) in [5.74, 6) is 0.467. The van der Waals surface area contributed by atoms with Crippen LogP contribution < -0.4 is 5.09 Å². The highest BCUT2D eigenvalue weighted by atomic mass is 35.5. The summed E-state index contributed by atoms with van der Waals surface area (Å²) in [6, 6.07) is 0. The summed E-state index contributed by atoms with van der Waals surface area (Å²) in [4.78, 5) is 0. The summed E-state index contributed by atoms with van der Waals surface area (Å²) in [5.41, 5.74) is 0. The van der Waals surface area contributed by atoms with Gasteiger partial charge >= 0.3 is 30.7 Å². The van der Waals surface area contributed by atoms with E-state index in [0.717, 1.165) is 0 Å². The molecule has 1 fully saturated rings. The van der Waals surface area contributed by atoms with E-state index in [4.69, 9.17) is 32.3 Å². The monoisotopic (exact) mass is 426 g/mol. The molecule has 22 heavy (non-hydrogen) atoms. The van der Waals surface area contributed by atoms with Gasteiger partial charge in [0.05, 0.1) is 17.7 Å². The standard InChI is InChI=1S/C9H19Cl2N2O5PS2.Mg.2H/c10-2-4-13(5-3-11)19(14)12-9(1-6-18-19)20-7-8-21(15,16)17;;;/h9H,1-8H2,(H,12,14)(H,15,16,17);;;. The number of halogens is 2. The van der Waals surface area contributed by atoms with Gasteiger partial charge in [-0.15, -0.1) is 35.0 Å². The molecule has 13 heteroatoms. The summed E-state index contributed by atoms with van der Waals surface area (Å²) in [6.07, 6.45) is 0.593. The fourth-order valence-corrected chi connectivity index (χ4v) is 6.81. The fraction of sp³-hybridized carbons (Fsp3) is 1.00. The van der Waals surface area contributed by atoms with E-state index >= 15 is 0 Å². The first-order valence-corrected chi connectivity index (χ1v) is 11.6. The number of alkyl halides is 2. The van der Waals surface area contributed by atoms with Gasteiger partial charge in [-0.25, -0.2) is 9.76 Å². The molecule has 130 valence electrons. The summed E-state index contributed by atoms with van der Waals surface area (Å²) in [7, 11) is -7.19. The predicted octanol–water partition coefficient (Wildman–Crippen LogP) is 0.915. The lowest BCUT2D eigenvalue weighted by Gasteiger charge is -2.36. The van der Waals surface area contributed by atoms with Crippen molar-refractivity contribution in [2.45, 2.75) is 11.8 Å². The van der Waals surface area contributed by atoms with Gasteiger partial charge in [-0.1, -0.05) is 0 Å². The smallest absolute Gasteiger partial charge is 0.306 e. The number of hydrogen-bond donors (Lipinski definition) is 2. The molecule has 1 rings (SSSR count). The predicted molar refractivity (Wildman–Crippen MR) is 95.5 cm³/mol. The van der Waals surface area contributed by atoms with Crippen molar-refractivity contribution in [1.82, 2.24) is 9.76 Å². The van der Waals surface area contributed by atoms with E-state index in [1.807, 2.05) is 0 Å². The Morgan fingerprint density at radius 1 is 1.36 bits per heavy atom. The van der Waals surface area contributed by atoms with Crippen molar-refractivity contribution in [3.8, 4) is 0 Å². The van der Waals surface area contributed by atoms with Gasteiger partial charge in [0.1, 0.15) is 0 Å². The molecule has 0 spiro atoms. The highest BCUT2D eigenvalue weighted by Crippen LogP contribution is 2.50. The molecule has 7 nitrogen and oxygen atoms in total. The zero-order valence-electron chi connectivity index (χ0n) is 11.3. The molecule has 1 aliphatic heterocycles. The Labute approximate surface area is 161 Å². The molecule has 0 amide bonds. The van der Waals surface area contributed by atoms with Crippen LogP contribution in [0.3, 0.4) is 0 Å². The van der Waals surface area contributed by atoms with E-state index < -0.39 is 17.8 Å². The van der Waals surface area contributed by atoms with E-state index in [9.17, 15) is 13.0 Å². The van der Waals surface area contributed by atoms with Crippen LogP contribution in [0.2, 0.25) is 0 Å². The van der Waals surface area contributed by atoms with Crippen LogP contribution >= 0.6 is 42.6 Å². The van der Waals surface area contributed by atoms with Crippen LogP contribution in [0, 0.1) is 0 Å². The Balaban J connectivity index is 0.00000441. The zero-order chi connectivity index (χ0) is 15.9. The molecule has 0 aromatic carbocycles. The fourth-order valence-electron chi connectivity index (χ4n) is 1.72. The molecular weight excluding hydrogens is 406 g/mol. The second-order valence-corrected chi connectivity index (χ2v) is 10.0. The van der Waals surface area contributed by atoms with Gasteiger partial charge in [0.25, 0.3) is 10.1 Å². The van der Waals surface area contributed by atoms with Gasteiger partial charge in [-0.05, 0) is 6.42 Å². The Morgan fingerprint density at radius 3 is 2.45 bits per heavy atom. The highest BCUT2D eigenvalue weighted by Gasteiger charge is 2.37. The number of thioether (sulfide) groups is 1. The van der Waals surface area contributed by atoms with Crippen LogP contribution in [-0.2, 0) is 19.2 Å². The maximum atomic E-state index is 12.8. The largest absolute Gasteiger partial charge is 0.344 e. The van der Waals surface area contributed by atoms with Gasteiger partial charge in [-0.3, -0.25) is 9.12 Å². The molecule has 0 saturated carbocycles. The van der Waals surface area contributed by atoms with Crippen molar-refractivity contribution in [1.29, 1.82) is 0 Å². The van der Waals surface area contributed by atoms with E-state index in [-0.39, 0.29) is 39.9 Å². The second kappa shape index (κ2) is 11.4. The normalized spacial score (nSPS) is 25.9. The highest BCUT2D eigenvalue weighted by molar-refractivity contribution is 8.01. The molecule has 0 radical (unpaired) electrons. The molecule has 0 aromatic rings. The number of hydrogen-bond acceptors (Lipinski definition) is 5. The van der Waals surface area contributed by atoms with Crippen molar-refractivity contribution in [3.05, 3.63) is 0 Å². The van der Waals surface area contributed by atoms with Gasteiger partial charge in [0.15, 0.2) is 0 Å². The summed E-state index contributed by atoms with van der Waals surface area (Å²) >= 11 is 12.7. The number of nitrogens with one attached hydrogen (secondary N) is 1. The first kappa shape index (κ1) is 23.7. The van der Waals surface area contributed by atoms with Crippen molar-refractivity contribution < 1.29 is 22.1 Å². The van der Waals surface area contributed by atoms with Gasteiger partial charge in [0, 0.05) is 30.6 Å². The lowest BCUT2D eigenvalue weighted by Crippen LogP contribution is -2.40. The second-order valence-electron chi connectivity index (χ2n) is 4.25. The van der Waals surface area contributed by atoms with Gasteiger partial charge in [0.2, 0.25) is 0 Å². The molecule has 0 aliphatic carbocycles. The molecule has 0 bridgehead atoms. The summed E-state index contributed by atoms with van der Waals surface area (Å²) < 4.78 is 49.8. The van der Waals surface area contributed by atoms with Crippen LogP contribution in [0.25, 0.3) is 0 Å². The van der Waals surface area contributed by atoms with Crippen LogP contribution in [-0.4, -0.2) is 89.0 Å². The van der Waals surface area contributed by atoms with Crippen LogP contribution in [0.15, 0.2) is 0 Å². The van der Waals surface area contributed by atoms with Crippen LogP contribution in [0.4, 0.5) is 0 Å². The Morgan fingerprint density at radius 2 is 1.95 bits per heavy atom. The molecule has 1 saturated heterocycles. The third-order valence-corrected chi connectivity index (χ3v) is 7.67. The maximum Gasteiger partial charge on any atom is 0.344 e. The van der Waals surface area contributed by atoms with Crippen molar-refractivity contribution in [2.24, 2.45) is 0 Å². The third kappa shape index (κ3) is 8.71. The SMILES string of the molecule is O=P1(N(CCCl)CCCl)NC(SCCS(=O)(=O)O)CCO1.[MgH2]. The summed E-state index contributed by atoms with van der Waals surface area (Å²) in [6.45, 7) is 1.05. The molecule has 1 aliphatic rings. The van der Waals surface area contributed by atoms with E-state index in [1.165, 1.54) is 11.8 Å². The Kier molecular flexibility index (Phi) is 12.2. The van der Waals surface area contributed by atoms with E-state index in [1.54, 1.807) is 4.67 Å². The number of rotatable bonds is 9. The Hall–Kier alpha value is 1.72. The molecular formula is C9H21Cl2MgN2O5PS2. The minimum atomic E-state index is -3.98. The van der Waals surface area contributed by atoms with Gasteiger partial charge in [-0.2, -0.15) is 8.42 Å². The van der Waals surface area contributed by atoms with Crippen molar-refractivity contribution in [3.63, 3.8) is 0 Å². The average molecular weight is 428 g/mol. The minimum absolute atomic E-state index is 0. The van der Waals surface area contributed by atoms with Crippen molar-refractivity contribution >= 4 is 75.8 Å². The molecule has 2 atom stereocenters. The van der Waals surface area contributed by atoms with Crippen LogP contribution in [0.1, 0.15) is 6.42 Å².